The van der Waals surface area contributed by atoms with E-state index in [4.69, 9.17) is 0 Å². The summed E-state index contributed by atoms with van der Waals surface area (Å²) in [6.45, 7) is 3.50. The van der Waals surface area contributed by atoms with Gasteiger partial charge in [-0.05, 0) is 13.8 Å². The quantitative estimate of drug-likeness (QED) is 0.380. The van der Waals surface area contributed by atoms with Gasteiger partial charge in [0.25, 0.3) is 0 Å². The van der Waals surface area contributed by atoms with Crippen LogP contribution in [0.25, 0.3) is 0 Å². The standard InChI is InChI=1S/C10H14F2O7S/c1-6(2)8(13)18-4-7(3)9(14)19-5-10(11,12)20(15,16)17/h7H,1,4-5H2,2-3H3,(H,15,16,17)/p-1. The third-order valence-electron chi connectivity index (χ3n) is 1.96. The molecular weight excluding hydrogens is 302 g/mol. The van der Waals surface area contributed by atoms with Crippen LogP contribution in [0.2, 0.25) is 0 Å². The van der Waals surface area contributed by atoms with Crippen LogP contribution in [0.5, 0.6) is 0 Å². The summed E-state index contributed by atoms with van der Waals surface area (Å²) in [4.78, 5) is 22.2. The third kappa shape index (κ3) is 5.61. The first-order valence-corrected chi connectivity index (χ1v) is 6.62. The van der Waals surface area contributed by atoms with E-state index in [9.17, 15) is 31.3 Å². The van der Waals surface area contributed by atoms with Crippen molar-refractivity contribution in [1.82, 2.24) is 0 Å². The van der Waals surface area contributed by atoms with E-state index < -0.39 is 46.4 Å². The van der Waals surface area contributed by atoms with Crippen LogP contribution in [0.3, 0.4) is 0 Å². The van der Waals surface area contributed by atoms with E-state index in [0.29, 0.717) is 0 Å². The number of carbonyl (C=O) groups is 2. The SMILES string of the molecule is C=C(C)C(=O)OCC(C)C(=O)OCC(F)(F)S(=O)(=O)[O-]. The molecule has 0 saturated carbocycles. The molecule has 0 N–H and O–H groups in total. The Morgan fingerprint density at radius 2 is 1.85 bits per heavy atom. The molecule has 20 heavy (non-hydrogen) atoms. The lowest BCUT2D eigenvalue weighted by Gasteiger charge is -2.20. The van der Waals surface area contributed by atoms with Crippen molar-refractivity contribution < 1.29 is 40.8 Å². The Morgan fingerprint density at radius 1 is 1.35 bits per heavy atom. The second-order valence-electron chi connectivity index (χ2n) is 3.98. The zero-order chi connectivity index (χ0) is 16.1. The highest BCUT2D eigenvalue weighted by molar-refractivity contribution is 7.86. The number of esters is 2. The van der Waals surface area contributed by atoms with Crippen LogP contribution in [-0.2, 0) is 29.2 Å². The number of halogens is 2. The summed E-state index contributed by atoms with van der Waals surface area (Å²) in [5.41, 5.74) is 0.0783. The molecule has 0 aromatic rings. The van der Waals surface area contributed by atoms with Crippen LogP contribution < -0.4 is 0 Å². The molecule has 0 bridgehead atoms. The van der Waals surface area contributed by atoms with E-state index in [1.54, 1.807) is 0 Å². The summed E-state index contributed by atoms with van der Waals surface area (Å²) in [6.07, 6.45) is 0. The topological polar surface area (TPSA) is 110 Å². The highest BCUT2D eigenvalue weighted by atomic mass is 32.2. The summed E-state index contributed by atoms with van der Waals surface area (Å²) in [5, 5.41) is -4.71. The van der Waals surface area contributed by atoms with Crippen molar-refractivity contribution in [3.63, 3.8) is 0 Å². The fraction of sp³-hybridized carbons (Fsp3) is 0.600. The van der Waals surface area contributed by atoms with E-state index in [2.05, 4.69) is 16.1 Å². The monoisotopic (exact) mass is 315 g/mol. The van der Waals surface area contributed by atoms with Gasteiger partial charge in [0.05, 0.1) is 5.92 Å². The summed E-state index contributed by atoms with van der Waals surface area (Å²) < 4.78 is 64.4. The van der Waals surface area contributed by atoms with Crippen molar-refractivity contribution >= 4 is 22.1 Å². The number of rotatable bonds is 7. The number of ether oxygens (including phenoxy) is 2. The van der Waals surface area contributed by atoms with Crippen molar-refractivity contribution in [3.8, 4) is 0 Å². The molecule has 0 amide bonds. The van der Waals surface area contributed by atoms with E-state index in [-0.39, 0.29) is 5.57 Å². The van der Waals surface area contributed by atoms with Crippen LogP contribution in [0.1, 0.15) is 13.8 Å². The van der Waals surface area contributed by atoms with Gasteiger partial charge in [-0.1, -0.05) is 6.58 Å². The Bertz CT molecular complexity index is 498. The smallest absolute Gasteiger partial charge is 0.367 e. The lowest BCUT2D eigenvalue weighted by atomic mass is 10.2. The Kier molecular flexibility index (Phi) is 6.23. The largest absolute Gasteiger partial charge is 0.743 e. The first kappa shape index (κ1) is 18.4. The Labute approximate surface area is 114 Å². The van der Waals surface area contributed by atoms with Crippen LogP contribution in [0.4, 0.5) is 8.78 Å². The molecule has 0 fully saturated rings. The van der Waals surface area contributed by atoms with Crippen LogP contribution in [0.15, 0.2) is 12.2 Å². The van der Waals surface area contributed by atoms with Gasteiger partial charge in [0, 0.05) is 5.57 Å². The average Bonchev–Trinajstić information content (AvgIpc) is 2.30. The molecule has 0 aromatic carbocycles. The molecule has 1 atom stereocenters. The Balaban J connectivity index is 4.36. The van der Waals surface area contributed by atoms with Gasteiger partial charge >= 0.3 is 17.2 Å². The maximum Gasteiger partial charge on any atom is 0.367 e. The minimum absolute atomic E-state index is 0.0783. The number of hydrogen-bond donors (Lipinski definition) is 0. The van der Waals surface area contributed by atoms with Crippen LogP contribution in [-0.4, -0.2) is 43.4 Å². The van der Waals surface area contributed by atoms with Gasteiger partial charge in [0.15, 0.2) is 16.7 Å². The van der Waals surface area contributed by atoms with E-state index >= 15 is 0 Å². The lowest BCUT2D eigenvalue weighted by Crippen LogP contribution is -2.36. The Hall–Kier alpha value is -1.55. The van der Waals surface area contributed by atoms with Gasteiger partial charge in [-0.3, -0.25) is 4.79 Å². The van der Waals surface area contributed by atoms with Gasteiger partial charge in [0.1, 0.15) is 6.61 Å². The van der Waals surface area contributed by atoms with Gasteiger partial charge in [-0.25, -0.2) is 13.2 Å². The Morgan fingerprint density at radius 3 is 2.25 bits per heavy atom. The number of alkyl halides is 2. The molecule has 0 spiro atoms. The lowest BCUT2D eigenvalue weighted by molar-refractivity contribution is -0.157. The summed E-state index contributed by atoms with van der Waals surface area (Å²) in [6, 6.07) is 0. The molecule has 0 heterocycles. The molecule has 0 saturated heterocycles. The van der Waals surface area contributed by atoms with Crippen molar-refractivity contribution in [3.05, 3.63) is 12.2 Å². The molecule has 0 aliphatic heterocycles. The fourth-order valence-corrected chi connectivity index (χ4v) is 0.965. The first-order valence-electron chi connectivity index (χ1n) is 5.21. The molecule has 7 nitrogen and oxygen atoms in total. The molecule has 0 aliphatic rings. The summed E-state index contributed by atoms with van der Waals surface area (Å²) in [5.74, 6) is -3.12. The molecule has 0 rings (SSSR count). The second kappa shape index (κ2) is 6.75. The minimum atomic E-state index is -5.92. The highest BCUT2D eigenvalue weighted by Crippen LogP contribution is 2.21. The second-order valence-corrected chi connectivity index (χ2v) is 5.48. The summed E-state index contributed by atoms with van der Waals surface area (Å²) in [7, 11) is -5.92. The van der Waals surface area contributed by atoms with Crippen molar-refractivity contribution in [2.45, 2.75) is 19.1 Å². The molecule has 116 valence electrons. The zero-order valence-electron chi connectivity index (χ0n) is 10.7. The first-order chi connectivity index (χ1) is 8.88. The molecular formula is C10H13F2O7S-. The van der Waals surface area contributed by atoms with Crippen LogP contribution in [0, 0.1) is 5.92 Å². The molecule has 1 unspecified atom stereocenters. The minimum Gasteiger partial charge on any atom is -0.743 e. The van der Waals surface area contributed by atoms with Crippen LogP contribution >= 0.6 is 0 Å². The normalized spacial score (nSPS) is 13.4. The van der Waals surface area contributed by atoms with E-state index in [1.807, 2.05) is 0 Å². The van der Waals surface area contributed by atoms with Crippen molar-refractivity contribution in [1.29, 1.82) is 0 Å². The van der Waals surface area contributed by atoms with Crippen molar-refractivity contribution in [2.24, 2.45) is 5.92 Å². The van der Waals surface area contributed by atoms with Gasteiger partial charge < -0.3 is 14.0 Å². The van der Waals surface area contributed by atoms with E-state index in [1.165, 1.54) is 13.8 Å². The fourth-order valence-electron chi connectivity index (χ4n) is 0.762. The van der Waals surface area contributed by atoms with Crippen molar-refractivity contribution in [2.75, 3.05) is 13.2 Å². The maximum absolute atomic E-state index is 12.7. The molecule has 10 heteroatoms. The molecule has 0 aliphatic carbocycles. The van der Waals surface area contributed by atoms with E-state index in [0.717, 1.165) is 0 Å². The average molecular weight is 315 g/mol. The maximum atomic E-state index is 12.7. The molecule has 0 aromatic heterocycles. The number of carbonyl (C=O) groups excluding carboxylic acids is 2. The van der Waals surface area contributed by atoms with Gasteiger partial charge in [-0.15, -0.1) is 0 Å². The predicted octanol–water partition coefficient (Wildman–Crippen LogP) is 0.423. The summed E-state index contributed by atoms with van der Waals surface area (Å²) >= 11 is 0. The van der Waals surface area contributed by atoms with Gasteiger partial charge in [-0.2, -0.15) is 8.78 Å². The zero-order valence-corrected chi connectivity index (χ0v) is 11.5. The highest BCUT2D eigenvalue weighted by Gasteiger charge is 2.39. The predicted molar refractivity (Wildman–Crippen MR) is 60.5 cm³/mol. The number of hydrogen-bond acceptors (Lipinski definition) is 7. The molecule has 0 radical (unpaired) electrons. The van der Waals surface area contributed by atoms with Gasteiger partial charge in [0.2, 0.25) is 0 Å². The third-order valence-corrected chi connectivity index (χ3v) is 2.81.